The molecule has 0 spiro atoms. The summed E-state index contributed by atoms with van der Waals surface area (Å²) in [5, 5.41) is 11.5. The van der Waals surface area contributed by atoms with E-state index in [4.69, 9.17) is 9.47 Å². The maximum Gasteiger partial charge on any atom is 0.274 e. The van der Waals surface area contributed by atoms with Crippen LogP contribution in [0.25, 0.3) is 0 Å². The molecule has 2 aromatic rings. The van der Waals surface area contributed by atoms with Gasteiger partial charge in [-0.3, -0.25) is 9.78 Å². The van der Waals surface area contributed by atoms with Crippen LogP contribution in [0.1, 0.15) is 31.5 Å². The molecule has 0 atom stereocenters. The van der Waals surface area contributed by atoms with Gasteiger partial charge in [0.15, 0.2) is 11.5 Å². The maximum atomic E-state index is 11.4. The van der Waals surface area contributed by atoms with E-state index in [0.717, 1.165) is 12.0 Å². The van der Waals surface area contributed by atoms with Crippen LogP contribution in [0.5, 0.6) is 11.5 Å². The van der Waals surface area contributed by atoms with E-state index in [0.29, 0.717) is 29.7 Å². The van der Waals surface area contributed by atoms with Gasteiger partial charge in [0.1, 0.15) is 5.69 Å². The molecule has 0 aliphatic carbocycles. The first-order valence-electron chi connectivity index (χ1n) is 8.03. The first-order valence-corrected chi connectivity index (χ1v) is 8.03. The Labute approximate surface area is 146 Å². The van der Waals surface area contributed by atoms with E-state index >= 15 is 0 Å². The summed E-state index contributed by atoms with van der Waals surface area (Å²) in [4.78, 5) is 14.0. The predicted octanol–water partition coefficient (Wildman–Crippen LogP) is 2.35. The fourth-order valence-corrected chi connectivity index (χ4v) is 1.90. The Morgan fingerprint density at radius 1 is 1.32 bits per heavy atom. The van der Waals surface area contributed by atoms with Gasteiger partial charge >= 0.3 is 0 Å². The third-order valence-electron chi connectivity index (χ3n) is 3.39. The summed E-state index contributed by atoms with van der Waals surface area (Å²) in [6.45, 7) is 6.52. The molecule has 0 aliphatic heterocycles. The molecule has 25 heavy (non-hydrogen) atoms. The number of hydrogen-bond donors (Lipinski definition) is 2. The number of rotatable bonds is 8. The number of hydrazone groups is 1. The highest BCUT2D eigenvalue weighted by Gasteiger charge is 2.06. The lowest BCUT2D eigenvalue weighted by molar-refractivity contribution is 0.273. The molecule has 0 fully saturated rings. The van der Waals surface area contributed by atoms with Crippen molar-refractivity contribution in [3.05, 3.63) is 39.8 Å². The zero-order valence-corrected chi connectivity index (χ0v) is 14.9. The van der Waals surface area contributed by atoms with Gasteiger partial charge in [-0.05, 0) is 43.0 Å². The van der Waals surface area contributed by atoms with Crippen molar-refractivity contribution in [2.75, 3.05) is 19.1 Å². The van der Waals surface area contributed by atoms with E-state index in [1.54, 1.807) is 20.2 Å². The summed E-state index contributed by atoms with van der Waals surface area (Å²) in [5.41, 5.74) is 3.43. The third-order valence-corrected chi connectivity index (χ3v) is 3.39. The van der Waals surface area contributed by atoms with Crippen molar-refractivity contribution in [3.63, 3.8) is 0 Å². The Kier molecular flexibility index (Phi) is 6.50. The van der Waals surface area contributed by atoms with Crippen LogP contribution >= 0.6 is 0 Å². The monoisotopic (exact) mass is 345 g/mol. The first kappa shape index (κ1) is 18.4. The van der Waals surface area contributed by atoms with Crippen LogP contribution in [0.2, 0.25) is 0 Å². The molecular formula is C17H23N5O3. The highest BCUT2D eigenvalue weighted by molar-refractivity contribution is 5.81. The topological polar surface area (TPSA) is 101 Å². The van der Waals surface area contributed by atoms with Gasteiger partial charge in [-0.15, -0.1) is 10.2 Å². The number of H-pyrrole nitrogens is 1. The number of anilines is 1. The second-order valence-corrected chi connectivity index (χ2v) is 5.90. The molecule has 0 unspecified atom stereocenters. The Morgan fingerprint density at radius 3 is 2.80 bits per heavy atom. The lowest BCUT2D eigenvalue weighted by Gasteiger charge is -2.12. The number of aromatic amines is 1. The van der Waals surface area contributed by atoms with Crippen LogP contribution in [0.3, 0.4) is 0 Å². The molecule has 1 heterocycles. The van der Waals surface area contributed by atoms with E-state index in [1.807, 2.05) is 18.2 Å². The number of nitrogens with zero attached hydrogens (tertiary/aromatic N) is 3. The van der Waals surface area contributed by atoms with Crippen LogP contribution in [-0.2, 0) is 0 Å². The SMILES string of the molecule is COc1cc(/C=N\Nc2nnc(C)c(=O)[nH]2)ccc1OCCC(C)C. The molecular weight excluding hydrogens is 322 g/mol. The van der Waals surface area contributed by atoms with Crippen LogP contribution in [0.15, 0.2) is 28.1 Å². The normalized spacial score (nSPS) is 11.1. The zero-order valence-electron chi connectivity index (χ0n) is 14.9. The number of benzene rings is 1. The van der Waals surface area contributed by atoms with Gasteiger partial charge in [-0.2, -0.15) is 5.10 Å². The Morgan fingerprint density at radius 2 is 2.12 bits per heavy atom. The van der Waals surface area contributed by atoms with Gasteiger partial charge in [-0.1, -0.05) is 13.8 Å². The fraction of sp³-hybridized carbons (Fsp3) is 0.412. The fourth-order valence-electron chi connectivity index (χ4n) is 1.90. The smallest absolute Gasteiger partial charge is 0.274 e. The minimum Gasteiger partial charge on any atom is -0.493 e. The van der Waals surface area contributed by atoms with Gasteiger partial charge in [0.05, 0.1) is 19.9 Å². The molecule has 2 N–H and O–H groups in total. The molecule has 0 aliphatic rings. The van der Waals surface area contributed by atoms with E-state index < -0.39 is 0 Å². The van der Waals surface area contributed by atoms with Crippen LogP contribution < -0.4 is 20.5 Å². The summed E-state index contributed by atoms with van der Waals surface area (Å²) in [7, 11) is 1.59. The van der Waals surface area contributed by atoms with Gasteiger partial charge in [0.25, 0.3) is 5.56 Å². The summed E-state index contributed by atoms with van der Waals surface area (Å²) in [6, 6.07) is 5.52. The molecule has 0 amide bonds. The van der Waals surface area contributed by atoms with Gasteiger partial charge in [0.2, 0.25) is 5.95 Å². The van der Waals surface area contributed by atoms with Crippen molar-refractivity contribution < 1.29 is 9.47 Å². The summed E-state index contributed by atoms with van der Waals surface area (Å²) < 4.78 is 11.1. The Hall–Kier alpha value is -2.90. The summed E-state index contributed by atoms with van der Waals surface area (Å²) in [5.74, 6) is 2.09. The van der Waals surface area contributed by atoms with Crippen molar-refractivity contribution in [2.24, 2.45) is 11.0 Å². The standard InChI is InChI=1S/C17H23N5O3/c1-11(2)7-8-25-14-6-5-13(9-15(14)24-4)10-18-21-17-19-16(23)12(3)20-22-17/h5-6,9-11H,7-8H2,1-4H3,(H2,19,21,22,23)/b18-10-. The minimum atomic E-state index is -0.308. The second-order valence-electron chi connectivity index (χ2n) is 5.90. The summed E-state index contributed by atoms with van der Waals surface area (Å²) in [6.07, 6.45) is 2.56. The van der Waals surface area contributed by atoms with E-state index in [9.17, 15) is 4.79 Å². The molecule has 8 heteroatoms. The largest absolute Gasteiger partial charge is 0.493 e. The van der Waals surface area contributed by atoms with Crippen molar-refractivity contribution in [3.8, 4) is 11.5 Å². The molecule has 0 saturated carbocycles. The molecule has 0 bridgehead atoms. The van der Waals surface area contributed by atoms with E-state index in [1.165, 1.54) is 0 Å². The number of aromatic nitrogens is 3. The predicted molar refractivity (Wildman–Crippen MR) is 96.6 cm³/mol. The third kappa shape index (κ3) is 5.59. The van der Waals surface area contributed by atoms with Gasteiger partial charge in [0, 0.05) is 0 Å². The van der Waals surface area contributed by atoms with Gasteiger partial charge < -0.3 is 9.47 Å². The molecule has 2 rings (SSSR count). The second kappa shape index (κ2) is 8.81. The number of aryl methyl sites for hydroxylation is 1. The van der Waals surface area contributed by atoms with E-state index in [-0.39, 0.29) is 11.5 Å². The number of nitrogens with one attached hydrogen (secondary N) is 2. The van der Waals surface area contributed by atoms with Crippen LogP contribution in [0.4, 0.5) is 5.95 Å². The van der Waals surface area contributed by atoms with Crippen molar-refractivity contribution in [1.29, 1.82) is 0 Å². The highest BCUT2D eigenvalue weighted by atomic mass is 16.5. The lowest BCUT2D eigenvalue weighted by atomic mass is 10.1. The lowest BCUT2D eigenvalue weighted by Crippen LogP contribution is -2.15. The summed E-state index contributed by atoms with van der Waals surface area (Å²) >= 11 is 0. The number of methoxy groups -OCH3 is 1. The van der Waals surface area contributed by atoms with Crippen LogP contribution in [-0.4, -0.2) is 35.1 Å². The Bertz CT molecular complexity index is 786. The minimum absolute atomic E-state index is 0.174. The molecule has 1 aromatic carbocycles. The zero-order chi connectivity index (χ0) is 18.2. The van der Waals surface area contributed by atoms with Gasteiger partial charge in [-0.25, -0.2) is 5.43 Å². The highest BCUT2D eigenvalue weighted by Crippen LogP contribution is 2.27. The van der Waals surface area contributed by atoms with Crippen LogP contribution in [0, 0.1) is 12.8 Å². The Balaban J connectivity index is 2.01. The molecule has 1 aromatic heterocycles. The number of hydrogen-bond acceptors (Lipinski definition) is 7. The van der Waals surface area contributed by atoms with Crippen molar-refractivity contribution in [2.45, 2.75) is 27.2 Å². The first-order chi connectivity index (χ1) is 12.0. The molecule has 0 saturated heterocycles. The molecule has 8 nitrogen and oxygen atoms in total. The maximum absolute atomic E-state index is 11.4. The molecule has 134 valence electrons. The van der Waals surface area contributed by atoms with Crippen molar-refractivity contribution in [1.82, 2.24) is 15.2 Å². The molecule has 0 radical (unpaired) electrons. The quantitative estimate of drug-likeness (QED) is 0.562. The average molecular weight is 345 g/mol. The van der Waals surface area contributed by atoms with Crippen molar-refractivity contribution >= 4 is 12.2 Å². The average Bonchev–Trinajstić information content (AvgIpc) is 2.58. The van der Waals surface area contributed by atoms with E-state index in [2.05, 4.69) is 39.6 Å². The number of ether oxygens (including phenoxy) is 2.